The van der Waals surface area contributed by atoms with E-state index >= 15 is 0 Å². The van der Waals surface area contributed by atoms with E-state index < -0.39 is 10.0 Å². The number of hydrogen-bond acceptors (Lipinski definition) is 6. The Bertz CT molecular complexity index is 831. The molecule has 25 heavy (non-hydrogen) atoms. The molecule has 1 atom stereocenters. The number of anilines is 2. The van der Waals surface area contributed by atoms with Crippen molar-refractivity contribution in [2.24, 2.45) is 0 Å². The molecule has 1 aromatic heterocycles. The van der Waals surface area contributed by atoms with Crippen molar-refractivity contribution in [1.82, 2.24) is 10.3 Å². The van der Waals surface area contributed by atoms with Crippen LogP contribution < -0.4 is 15.4 Å². The summed E-state index contributed by atoms with van der Waals surface area (Å²) < 4.78 is 24.8. The van der Waals surface area contributed by atoms with Gasteiger partial charge < -0.3 is 10.6 Å². The Kier molecular flexibility index (Phi) is 6.39. The van der Waals surface area contributed by atoms with Gasteiger partial charge in [0.25, 0.3) is 0 Å². The third-order valence-corrected chi connectivity index (χ3v) is 4.96. The van der Waals surface area contributed by atoms with Gasteiger partial charge in [-0.25, -0.2) is 13.4 Å². The minimum atomic E-state index is -3.29. The minimum Gasteiger partial charge on any atom is -0.306 e. The summed E-state index contributed by atoms with van der Waals surface area (Å²) in [7, 11) is -3.29. The number of amides is 1. The molecule has 1 unspecified atom stereocenters. The normalized spacial score (nSPS) is 16.9. The van der Waals surface area contributed by atoms with Crippen LogP contribution in [0.4, 0.5) is 10.8 Å². The molecule has 0 aliphatic carbocycles. The quantitative estimate of drug-likeness (QED) is 0.712. The summed E-state index contributed by atoms with van der Waals surface area (Å²) in [4.78, 5) is 16.5. The first-order valence-electron chi connectivity index (χ1n) is 7.49. The molecule has 10 heteroatoms. The molecule has 1 aliphatic heterocycles. The highest BCUT2D eigenvalue weighted by molar-refractivity contribution is 7.92. The summed E-state index contributed by atoms with van der Waals surface area (Å²) in [5, 5.41) is 8.39. The number of aromatic nitrogens is 1. The average Bonchev–Trinajstić information content (AvgIpc) is 3.17. The molecular formula is C15H19ClN4O3S2. The number of carbonyl (C=O) groups excluding carboxylic acids is 1. The summed E-state index contributed by atoms with van der Waals surface area (Å²) >= 11 is 1.36. The summed E-state index contributed by atoms with van der Waals surface area (Å²) in [5.74, 6) is -0.0545. The van der Waals surface area contributed by atoms with Crippen LogP contribution >= 0.6 is 23.7 Å². The monoisotopic (exact) mass is 402 g/mol. The Labute approximate surface area is 156 Å². The van der Waals surface area contributed by atoms with Gasteiger partial charge in [-0.3, -0.25) is 9.52 Å². The zero-order chi connectivity index (χ0) is 17.2. The van der Waals surface area contributed by atoms with E-state index in [-0.39, 0.29) is 24.4 Å². The Morgan fingerprint density at radius 2 is 2.04 bits per heavy atom. The van der Waals surface area contributed by atoms with Crippen LogP contribution in [-0.2, 0) is 14.8 Å². The van der Waals surface area contributed by atoms with Crippen molar-refractivity contribution in [3.63, 3.8) is 0 Å². The maximum absolute atomic E-state index is 12.1. The molecule has 7 nitrogen and oxygen atoms in total. The van der Waals surface area contributed by atoms with Crippen LogP contribution in [0.5, 0.6) is 0 Å². The van der Waals surface area contributed by atoms with Crippen LogP contribution in [0, 0.1) is 0 Å². The van der Waals surface area contributed by atoms with Crippen molar-refractivity contribution < 1.29 is 13.2 Å². The number of benzene rings is 1. The van der Waals surface area contributed by atoms with Crippen LogP contribution in [0.3, 0.4) is 0 Å². The highest BCUT2D eigenvalue weighted by Crippen LogP contribution is 2.26. The standard InChI is InChI=1S/C15H18N4O3S2.ClH/c1-24(21,22)19-11-6-4-10(5-7-11)13-9-23-15(17-13)18-14(20)12-3-2-8-16-12;/h4-7,9,12,16,19H,2-3,8H2,1H3,(H,17,18,20);1H. The molecule has 1 amide bonds. The number of nitrogens with one attached hydrogen (secondary N) is 3. The molecule has 2 heterocycles. The van der Waals surface area contributed by atoms with Crippen LogP contribution in [0.15, 0.2) is 29.6 Å². The van der Waals surface area contributed by atoms with Crippen LogP contribution in [0.25, 0.3) is 11.3 Å². The van der Waals surface area contributed by atoms with Crippen molar-refractivity contribution in [1.29, 1.82) is 0 Å². The van der Waals surface area contributed by atoms with Crippen molar-refractivity contribution >= 4 is 50.5 Å². The Morgan fingerprint density at radius 1 is 1.32 bits per heavy atom. The fraction of sp³-hybridized carbons (Fsp3) is 0.333. The summed E-state index contributed by atoms with van der Waals surface area (Å²) in [6.45, 7) is 0.870. The zero-order valence-corrected chi connectivity index (χ0v) is 15.9. The number of carbonyl (C=O) groups is 1. The second kappa shape index (κ2) is 8.13. The fourth-order valence-corrected chi connectivity index (χ4v) is 3.77. The van der Waals surface area contributed by atoms with Gasteiger partial charge >= 0.3 is 0 Å². The SMILES string of the molecule is CS(=O)(=O)Nc1ccc(-c2csc(NC(=O)C3CCCN3)n2)cc1.Cl. The molecule has 3 rings (SSSR count). The Hall–Kier alpha value is -1.68. The van der Waals surface area contributed by atoms with Crippen LogP contribution in [0.1, 0.15) is 12.8 Å². The van der Waals surface area contributed by atoms with E-state index in [9.17, 15) is 13.2 Å². The molecule has 1 aromatic carbocycles. The van der Waals surface area contributed by atoms with Crippen molar-refractivity contribution in [2.45, 2.75) is 18.9 Å². The fourth-order valence-electron chi connectivity index (χ4n) is 2.49. The van der Waals surface area contributed by atoms with E-state index in [4.69, 9.17) is 0 Å². The van der Waals surface area contributed by atoms with Crippen molar-refractivity contribution in [3.05, 3.63) is 29.6 Å². The number of halogens is 1. The van der Waals surface area contributed by atoms with E-state index in [1.165, 1.54) is 11.3 Å². The Balaban J connectivity index is 0.00000225. The van der Waals surface area contributed by atoms with E-state index in [1.807, 2.05) is 5.38 Å². The summed E-state index contributed by atoms with van der Waals surface area (Å²) in [5.41, 5.74) is 2.09. The lowest BCUT2D eigenvalue weighted by Crippen LogP contribution is -2.35. The molecule has 2 aromatic rings. The minimum absolute atomic E-state index is 0. The molecule has 0 radical (unpaired) electrons. The lowest BCUT2D eigenvalue weighted by atomic mass is 10.1. The topological polar surface area (TPSA) is 100 Å². The van der Waals surface area contributed by atoms with E-state index in [2.05, 4.69) is 20.3 Å². The smallest absolute Gasteiger partial charge is 0.243 e. The number of nitrogens with zero attached hydrogens (tertiary/aromatic N) is 1. The Morgan fingerprint density at radius 3 is 2.64 bits per heavy atom. The maximum atomic E-state index is 12.1. The lowest BCUT2D eigenvalue weighted by molar-refractivity contribution is -0.117. The van der Waals surface area contributed by atoms with Gasteiger partial charge in [-0.15, -0.1) is 23.7 Å². The van der Waals surface area contributed by atoms with Gasteiger partial charge in [-0.05, 0) is 31.5 Å². The van der Waals surface area contributed by atoms with Gasteiger partial charge in [0.1, 0.15) is 0 Å². The molecular weight excluding hydrogens is 384 g/mol. The third kappa shape index (κ3) is 5.40. The van der Waals surface area contributed by atoms with Gasteiger partial charge in [0, 0.05) is 16.6 Å². The predicted molar refractivity (Wildman–Crippen MR) is 103 cm³/mol. The van der Waals surface area contributed by atoms with Gasteiger partial charge in [0.05, 0.1) is 18.0 Å². The number of sulfonamides is 1. The lowest BCUT2D eigenvalue weighted by Gasteiger charge is -2.08. The first kappa shape index (κ1) is 19.6. The van der Waals surface area contributed by atoms with E-state index in [1.54, 1.807) is 24.3 Å². The van der Waals surface area contributed by atoms with E-state index in [0.717, 1.165) is 36.9 Å². The summed E-state index contributed by atoms with van der Waals surface area (Å²) in [6, 6.07) is 6.78. The van der Waals surface area contributed by atoms with Crippen LogP contribution in [0.2, 0.25) is 0 Å². The van der Waals surface area contributed by atoms with E-state index in [0.29, 0.717) is 10.8 Å². The molecule has 136 valence electrons. The average molecular weight is 403 g/mol. The molecule has 0 saturated carbocycles. The molecule has 0 spiro atoms. The molecule has 3 N–H and O–H groups in total. The largest absolute Gasteiger partial charge is 0.306 e. The van der Waals surface area contributed by atoms with Gasteiger partial charge in [0.15, 0.2) is 5.13 Å². The number of thiazole rings is 1. The number of rotatable bonds is 5. The highest BCUT2D eigenvalue weighted by Gasteiger charge is 2.22. The molecule has 0 bridgehead atoms. The maximum Gasteiger partial charge on any atom is 0.243 e. The van der Waals surface area contributed by atoms with Gasteiger partial charge in [0.2, 0.25) is 15.9 Å². The second-order valence-electron chi connectivity index (χ2n) is 5.63. The first-order chi connectivity index (χ1) is 11.4. The van der Waals surface area contributed by atoms with Gasteiger partial charge in [-0.2, -0.15) is 0 Å². The predicted octanol–water partition coefficient (Wildman–Crippen LogP) is 2.29. The molecule has 1 saturated heterocycles. The first-order valence-corrected chi connectivity index (χ1v) is 10.3. The second-order valence-corrected chi connectivity index (χ2v) is 8.23. The third-order valence-electron chi connectivity index (χ3n) is 3.60. The zero-order valence-electron chi connectivity index (χ0n) is 13.5. The highest BCUT2D eigenvalue weighted by atomic mass is 35.5. The van der Waals surface area contributed by atoms with Crippen molar-refractivity contribution in [2.75, 3.05) is 22.8 Å². The van der Waals surface area contributed by atoms with Crippen molar-refractivity contribution in [3.8, 4) is 11.3 Å². The molecule has 1 fully saturated rings. The molecule has 1 aliphatic rings. The van der Waals surface area contributed by atoms with Crippen LogP contribution in [-0.4, -0.2) is 38.2 Å². The summed E-state index contributed by atoms with van der Waals surface area (Å²) in [6.07, 6.45) is 2.96. The van der Waals surface area contributed by atoms with Gasteiger partial charge in [-0.1, -0.05) is 12.1 Å². The number of hydrogen-bond donors (Lipinski definition) is 3.